The van der Waals surface area contributed by atoms with Gasteiger partial charge in [0.1, 0.15) is 17.4 Å². The van der Waals surface area contributed by atoms with Crippen molar-refractivity contribution in [3.8, 4) is 5.75 Å². The number of nitrogens with one attached hydrogen (secondary N) is 2. The number of carbonyl (C=O) groups excluding carboxylic acids is 2. The van der Waals surface area contributed by atoms with Gasteiger partial charge in [-0.25, -0.2) is 9.97 Å². The second-order valence-corrected chi connectivity index (χ2v) is 14.7. The first-order valence-corrected chi connectivity index (χ1v) is 14.5. The first-order valence-electron chi connectivity index (χ1n) is 10.4. The number of fused-ring (bicyclic) bond motifs is 1. The fourth-order valence-corrected chi connectivity index (χ4v) is 4.11. The summed E-state index contributed by atoms with van der Waals surface area (Å²) in [7, 11) is 1.79. The van der Waals surface area contributed by atoms with Crippen molar-refractivity contribution in [1.82, 2.24) is 19.9 Å². The summed E-state index contributed by atoms with van der Waals surface area (Å²) >= 11 is 5.98. The summed E-state index contributed by atoms with van der Waals surface area (Å²) in [4.78, 5) is 33.7. The summed E-state index contributed by atoms with van der Waals surface area (Å²) in [6.07, 6.45) is 2.97. The number of amides is 2. The van der Waals surface area contributed by atoms with Crippen LogP contribution in [0.15, 0.2) is 30.7 Å². The van der Waals surface area contributed by atoms with Crippen LogP contribution >= 0.6 is 11.6 Å². The first-order chi connectivity index (χ1) is 15.6. The zero-order chi connectivity index (χ0) is 24.2. The van der Waals surface area contributed by atoms with Gasteiger partial charge in [0.25, 0.3) is 11.8 Å². The fourth-order valence-electron chi connectivity index (χ4n) is 3.20. The Morgan fingerprint density at radius 2 is 1.91 bits per heavy atom. The molecular formula is C22H28ClN5O4Si. The molecule has 0 fully saturated rings. The van der Waals surface area contributed by atoms with Gasteiger partial charge in [-0.15, -0.1) is 0 Å². The van der Waals surface area contributed by atoms with Gasteiger partial charge < -0.3 is 24.7 Å². The van der Waals surface area contributed by atoms with Crippen LogP contribution in [0.5, 0.6) is 5.75 Å². The summed E-state index contributed by atoms with van der Waals surface area (Å²) in [5, 5.41) is 5.41. The highest BCUT2D eigenvalue weighted by Crippen LogP contribution is 2.31. The Morgan fingerprint density at radius 3 is 2.58 bits per heavy atom. The summed E-state index contributed by atoms with van der Waals surface area (Å²) < 4.78 is 13.3. The SMILES string of the molecule is CNC(=O)c1cnc(Cl)cc1NC(=O)c1ccc2ncn(COCC[Si](C)(C)C)c2c1OC. The molecule has 0 atom stereocenters. The third-order valence-electron chi connectivity index (χ3n) is 5.00. The number of benzene rings is 1. The van der Waals surface area contributed by atoms with Gasteiger partial charge in [0.05, 0.1) is 35.8 Å². The van der Waals surface area contributed by atoms with Crippen LogP contribution in [0, 0.1) is 0 Å². The summed E-state index contributed by atoms with van der Waals surface area (Å²) in [6, 6.07) is 5.84. The van der Waals surface area contributed by atoms with Crippen molar-refractivity contribution in [2.24, 2.45) is 0 Å². The maximum atomic E-state index is 13.2. The maximum Gasteiger partial charge on any atom is 0.259 e. The lowest BCUT2D eigenvalue weighted by molar-refractivity contribution is 0.0895. The van der Waals surface area contributed by atoms with Crippen molar-refractivity contribution < 1.29 is 19.1 Å². The normalized spacial score (nSPS) is 11.5. The van der Waals surface area contributed by atoms with E-state index < -0.39 is 19.9 Å². The third kappa shape index (κ3) is 5.89. The van der Waals surface area contributed by atoms with E-state index in [0.717, 1.165) is 6.04 Å². The molecule has 176 valence electrons. The molecule has 1 aromatic carbocycles. The van der Waals surface area contributed by atoms with Crippen LogP contribution < -0.4 is 15.4 Å². The Bertz CT molecular complexity index is 1180. The van der Waals surface area contributed by atoms with Crippen LogP contribution in [0.3, 0.4) is 0 Å². The molecule has 0 aliphatic carbocycles. The average Bonchev–Trinajstić information content (AvgIpc) is 3.18. The van der Waals surface area contributed by atoms with Crippen molar-refractivity contribution in [3.63, 3.8) is 0 Å². The summed E-state index contributed by atoms with van der Waals surface area (Å²) in [6.45, 7) is 7.83. The second-order valence-electron chi connectivity index (χ2n) is 8.66. The number of imidazole rings is 1. The van der Waals surface area contributed by atoms with E-state index in [9.17, 15) is 9.59 Å². The molecule has 3 rings (SSSR count). The molecule has 0 saturated carbocycles. The molecule has 11 heteroatoms. The maximum absolute atomic E-state index is 13.2. The number of anilines is 1. The quantitative estimate of drug-likeness (QED) is 0.267. The van der Waals surface area contributed by atoms with Crippen LogP contribution in [0.2, 0.25) is 30.8 Å². The molecule has 0 bridgehead atoms. The smallest absolute Gasteiger partial charge is 0.259 e. The van der Waals surface area contributed by atoms with Crippen LogP contribution in [0.1, 0.15) is 20.7 Å². The average molecular weight is 490 g/mol. The number of rotatable bonds is 9. The number of ether oxygens (including phenoxy) is 2. The Kier molecular flexibility index (Phi) is 7.72. The van der Waals surface area contributed by atoms with Crippen molar-refractivity contribution in [1.29, 1.82) is 0 Å². The van der Waals surface area contributed by atoms with Gasteiger partial charge in [0.15, 0.2) is 5.75 Å². The molecule has 2 amide bonds. The molecule has 0 unspecified atom stereocenters. The molecule has 33 heavy (non-hydrogen) atoms. The second kappa shape index (κ2) is 10.3. The molecule has 2 heterocycles. The van der Waals surface area contributed by atoms with Gasteiger partial charge >= 0.3 is 0 Å². The molecule has 0 aliphatic rings. The van der Waals surface area contributed by atoms with E-state index in [1.807, 2.05) is 4.57 Å². The number of hydrogen-bond acceptors (Lipinski definition) is 6. The topological polar surface area (TPSA) is 107 Å². The summed E-state index contributed by atoms with van der Waals surface area (Å²) in [5.74, 6) is -0.503. The zero-order valence-electron chi connectivity index (χ0n) is 19.4. The van der Waals surface area contributed by atoms with Gasteiger partial charge in [0.2, 0.25) is 0 Å². The van der Waals surface area contributed by atoms with Crippen molar-refractivity contribution >= 4 is 48.2 Å². The molecule has 3 aromatic rings. The molecule has 0 aliphatic heterocycles. The van der Waals surface area contributed by atoms with E-state index in [4.69, 9.17) is 21.1 Å². The molecule has 0 saturated heterocycles. The molecule has 2 N–H and O–H groups in total. The van der Waals surface area contributed by atoms with Crippen molar-refractivity contribution in [2.75, 3.05) is 26.1 Å². The fraction of sp³-hybridized carbons (Fsp3) is 0.364. The monoisotopic (exact) mass is 489 g/mol. The van der Waals surface area contributed by atoms with Gasteiger partial charge in [-0.1, -0.05) is 31.2 Å². The third-order valence-corrected chi connectivity index (χ3v) is 6.91. The minimum absolute atomic E-state index is 0.147. The molecule has 0 spiro atoms. The predicted octanol–water partition coefficient (Wildman–Crippen LogP) is 4.02. The van der Waals surface area contributed by atoms with Crippen LogP contribution in [0.25, 0.3) is 11.0 Å². The predicted molar refractivity (Wildman–Crippen MR) is 131 cm³/mol. The Labute approximate surface area is 198 Å². The Hall–Kier alpha value is -2.95. The van der Waals surface area contributed by atoms with Gasteiger partial charge in [-0.2, -0.15) is 0 Å². The van der Waals surface area contributed by atoms with Crippen molar-refractivity contribution in [3.05, 3.63) is 47.0 Å². The lowest BCUT2D eigenvalue weighted by Crippen LogP contribution is -2.22. The van der Waals surface area contributed by atoms with Gasteiger partial charge in [-0.3, -0.25) is 9.59 Å². The zero-order valence-corrected chi connectivity index (χ0v) is 21.1. The standard InChI is InChI=1S/C22H28ClN5O4Si/c1-24-21(29)15-11-25-18(23)10-17(15)27-22(30)14-6-7-16-19(20(14)31-2)28(12-26-16)13-32-8-9-33(3,4)5/h6-7,10-12H,8-9,13H2,1-5H3,(H,24,29)(H,25,27,30). The highest BCUT2D eigenvalue weighted by Gasteiger charge is 2.21. The van der Waals surface area contributed by atoms with Crippen LogP contribution in [-0.4, -0.2) is 55.2 Å². The van der Waals surface area contributed by atoms with Crippen LogP contribution in [-0.2, 0) is 11.5 Å². The van der Waals surface area contributed by atoms with Crippen LogP contribution in [0.4, 0.5) is 5.69 Å². The molecule has 9 nitrogen and oxygen atoms in total. The lowest BCUT2D eigenvalue weighted by Gasteiger charge is -2.16. The molecule has 2 aromatic heterocycles. The number of aromatic nitrogens is 3. The number of halogens is 1. The minimum atomic E-state index is -1.20. The van der Waals surface area contributed by atoms with E-state index in [1.165, 1.54) is 26.4 Å². The number of hydrogen-bond donors (Lipinski definition) is 2. The van der Waals surface area contributed by atoms with E-state index in [2.05, 4.69) is 40.2 Å². The lowest BCUT2D eigenvalue weighted by atomic mass is 10.1. The summed E-state index contributed by atoms with van der Waals surface area (Å²) in [5.41, 5.74) is 2.04. The number of methoxy groups -OCH3 is 1. The van der Waals surface area contributed by atoms with E-state index in [1.54, 1.807) is 18.5 Å². The van der Waals surface area contributed by atoms with Crippen molar-refractivity contribution in [2.45, 2.75) is 32.4 Å². The number of carbonyl (C=O) groups is 2. The Balaban J connectivity index is 1.90. The van der Waals surface area contributed by atoms with E-state index in [0.29, 0.717) is 30.1 Å². The van der Waals surface area contributed by atoms with Gasteiger partial charge in [-0.05, 0) is 24.2 Å². The number of pyridine rings is 1. The Morgan fingerprint density at radius 1 is 1.15 bits per heavy atom. The molecule has 0 radical (unpaired) electrons. The molecular weight excluding hydrogens is 462 g/mol. The highest BCUT2D eigenvalue weighted by molar-refractivity contribution is 6.76. The number of nitrogens with zero attached hydrogens (tertiary/aromatic N) is 3. The highest BCUT2D eigenvalue weighted by atomic mass is 35.5. The minimum Gasteiger partial charge on any atom is -0.494 e. The van der Waals surface area contributed by atoms with E-state index in [-0.39, 0.29) is 22.0 Å². The van der Waals surface area contributed by atoms with Gasteiger partial charge in [0, 0.05) is 27.9 Å². The largest absolute Gasteiger partial charge is 0.494 e. The van der Waals surface area contributed by atoms with E-state index >= 15 is 0 Å². The first kappa shape index (κ1) is 24.7.